The summed E-state index contributed by atoms with van der Waals surface area (Å²) < 4.78 is 7.47. The quantitative estimate of drug-likeness (QED) is 0.917. The number of hydrogen-bond donors (Lipinski definition) is 1. The number of morpholine rings is 1. The van der Waals surface area contributed by atoms with Gasteiger partial charge in [0, 0.05) is 19.2 Å². The highest BCUT2D eigenvalue weighted by Crippen LogP contribution is 2.31. The molecule has 6 nitrogen and oxygen atoms in total. The average molecular weight is 292 g/mol. The van der Waals surface area contributed by atoms with E-state index in [0.717, 1.165) is 31.7 Å². The first-order chi connectivity index (χ1) is 10.2. The zero-order chi connectivity index (χ0) is 14.7. The molecule has 1 saturated carbocycles. The molecule has 1 aliphatic carbocycles. The van der Waals surface area contributed by atoms with Gasteiger partial charge in [0.25, 0.3) is 0 Å². The number of nitrogens with one attached hydrogen (secondary N) is 1. The monoisotopic (exact) mass is 292 g/mol. The van der Waals surface area contributed by atoms with Crippen LogP contribution >= 0.6 is 0 Å². The SMILES string of the molecule is CC1CN(CC(=O)Nc2ccnn2C2CCCC2)CCO1. The van der Waals surface area contributed by atoms with Crippen molar-refractivity contribution in [3.05, 3.63) is 12.3 Å². The van der Waals surface area contributed by atoms with E-state index in [1.54, 1.807) is 6.20 Å². The summed E-state index contributed by atoms with van der Waals surface area (Å²) in [5.41, 5.74) is 0. The van der Waals surface area contributed by atoms with E-state index >= 15 is 0 Å². The highest BCUT2D eigenvalue weighted by Gasteiger charge is 2.22. The van der Waals surface area contributed by atoms with Crippen molar-refractivity contribution in [3.63, 3.8) is 0 Å². The standard InChI is InChI=1S/C15H24N4O2/c1-12-10-18(8-9-21-12)11-15(20)17-14-6-7-16-19(14)13-4-2-3-5-13/h6-7,12-13H,2-5,8-11H2,1H3,(H,17,20). The second-order valence-corrected chi connectivity index (χ2v) is 6.06. The number of carbonyl (C=O) groups excluding carboxylic acids is 1. The first-order valence-electron chi connectivity index (χ1n) is 7.89. The van der Waals surface area contributed by atoms with Crippen molar-refractivity contribution in [1.82, 2.24) is 14.7 Å². The Morgan fingerprint density at radius 2 is 2.29 bits per heavy atom. The Morgan fingerprint density at radius 3 is 3.05 bits per heavy atom. The largest absolute Gasteiger partial charge is 0.376 e. The smallest absolute Gasteiger partial charge is 0.239 e. The third-order valence-corrected chi connectivity index (χ3v) is 4.30. The first-order valence-corrected chi connectivity index (χ1v) is 7.89. The molecule has 1 aromatic rings. The molecular formula is C15H24N4O2. The third kappa shape index (κ3) is 3.63. The molecule has 3 rings (SSSR count). The lowest BCUT2D eigenvalue weighted by Crippen LogP contribution is -2.44. The number of amides is 1. The van der Waals surface area contributed by atoms with Gasteiger partial charge in [-0.25, -0.2) is 4.68 Å². The Labute approximate surface area is 125 Å². The van der Waals surface area contributed by atoms with E-state index < -0.39 is 0 Å². The predicted octanol–water partition coefficient (Wildman–Crippen LogP) is 1.66. The Balaban J connectivity index is 1.56. The Kier molecular flexibility index (Phi) is 4.55. The highest BCUT2D eigenvalue weighted by atomic mass is 16.5. The van der Waals surface area contributed by atoms with E-state index in [2.05, 4.69) is 15.3 Å². The van der Waals surface area contributed by atoms with Gasteiger partial charge in [-0.05, 0) is 19.8 Å². The molecule has 2 aliphatic rings. The van der Waals surface area contributed by atoms with Crippen LogP contribution in [-0.4, -0.2) is 52.9 Å². The second kappa shape index (κ2) is 6.58. The van der Waals surface area contributed by atoms with Gasteiger partial charge in [-0.15, -0.1) is 0 Å². The Hall–Kier alpha value is -1.40. The molecule has 0 radical (unpaired) electrons. The normalized spacial score (nSPS) is 24.3. The molecule has 1 aliphatic heterocycles. The molecule has 1 atom stereocenters. The minimum absolute atomic E-state index is 0.0313. The van der Waals surface area contributed by atoms with E-state index in [1.165, 1.54) is 12.8 Å². The number of nitrogens with zero attached hydrogens (tertiary/aromatic N) is 3. The van der Waals surface area contributed by atoms with Crippen molar-refractivity contribution in [3.8, 4) is 0 Å². The molecule has 21 heavy (non-hydrogen) atoms. The molecule has 2 fully saturated rings. The van der Waals surface area contributed by atoms with Crippen LogP contribution in [0.25, 0.3) is 0 Å². The lowest BCUT2D eigenvalue weighted by atomic mass is 10.2. The minimum Gasteiger partial charge on any atom is -0.376 e. The third-order valence-electron chi connectivity index (χ3n) is 4.30. The molecule has 2 heterocycles. The van der Waals surface area contributed by atoms with E-state index in [1.807, 2.05) is 17.7 Å². The lowest BCUT2D eigenvalue weighted by Gasteiger charge is -2.30. The molecule has 6 heteroatoms. The van der Waals surface area contributed by atoms with Gasteiger partial charge in [0.05, 0.1) is 31.5 Å². The van der Waals surface area contributed by atoms with Crippen molar-refractivity contribution in [2.75, 3.05) is 31.6 Å². The van der Waals surface area contributed by atoms with Crippen LogP contribution in [0.4, 0.5) is 5.82 Å². The molecule has 1 amide bonds. The summed E-state index contributed by atoms with van der Waals surface area (Å²) in [5, 5.41) is 7.39. The van der Waals surface area contributed by atoms with Gasteiger partial charge in [0.15, 0.2) is 0 Å². The Bertz CT molecular complexity index is 482. The summed E-state index contributed by atoms with van der Waals surface area (Å²) in [7, 11) is 0. The Morgan fingerprint density at radius 1 is 1.48 bits per heavy atom. The lowest BCUT2D eigenvalue weighted by molar-refractivity contribution is -0.119. The summed E-state index contributed by atoms with van der Waals surface area (Å²) >= 11 is 0. The highest BCUT2D eigenvalue weighted by molar-refractivity contribution is 5.91. The van der Waals surface area contributed by atoms with Crippen molar-refractivity contribution >= 4 is 11.7 Å². The van der Waals surface area contributed by atoms with Crippen LogP contribution in [0.3, 0.4) is 0 Å². The van der Waals surface area contributed by atoms with E-state index in [9.17, 15) is 4.79 Å². The first kappa shape index (κ1) is 14.5. The van der Waals surface area contributed by atoms with Crippen molar-refractivity contribution < 1.29 is 9.53 Å². The molecule has 1 unspecified atom stereocenters. The predicted molar refractivity (Wildman–Crippen MR) is 80.2 cm³/mol. The zero-order valence-corrected chi connectivity index (χ0v) is 12.6. The molecule has 1 aromatic heterocycles. The molecule has 0 aromatic carbocycles. The maximum Gasteiger partial charge on any atom is 0.239 e. The van der Waals surface area contributed by atoms with Crippen molar-refractivity contribution in [2.45, 2.75) is 44.8 Å². The average Bonchev–Trinajstić information content (AvgIpc) is 3.08. The summed E-state index contributed by atoms with van der Waals surface area (Å²) in [4.78, 5) is 14.4. The topological polar surface area (TPSA) is 59.4 Å². The van der Waals surface area contributed by atoms with Gasteiger partial charge in [-0.2, -0.15) is 5.10 Å². The van der Waals surface area contributed by atoms with Crippen LogP contribution in [-0.2, 0) is 9.53 Å². The van der Waals surface area contributed by atoms with Gasteiger partial charge in [0.1, 0.15) is 5.82 Å². The minimum atomic E-state index is 0.0313. The van der Waals surface area contributed by atoms with Gasteiger partial charge < -0.3 is 10.1 Å². The number of hydrogen-bond acceptors (Lipinski definition) is 4. The molecule has 0 spiro atoms. The molecule has 116 valence electrons. The maximum absolute atomic E-state index is 12.2. The maximum atomic E-state index is 12.2. The van der Waals surface area contributed by atoms with Crippen molar-refractivity contribution in [2.24, 2.45) is 0 Å². The summed E-state index contributed by atoms with van der Waals surface area (Å²) in [6.45, 7) is 4.80. The van der Waals surface area contributed by atoms with E-state index in [0.29, 0.717) is 19.2 Å². The molecule has 1 N–H and O–H groups in total. The van der Waals surface area contributed by atoms with E-state index in [4.69, 9.17) is 4.74 Å². The van der Waals surface area contributed by atoms with Crippen LogP contribution in [0.1, 0.15) is 38.6 Å². The van der Waals surface area contributed by atoms with E-state index in [-0.39, 0.29) is 12.0 Å². The van der Waals surface area contributed by atoms with Gasteiger partial charge in [-0.3, -0.25) is 9.69 Å². The number of aromatic nitrogens is 2. The molecular weight excluding hydrogens is 268 g/mol. The number of ether oxygens (including phenoxy) is 1. The van der Waals surface area contributed by atoms with Gasteiger partial charge in [0.2, 0.25) is 5.91 Å². The summed E-state index contributed by atoms with van der Waals surface area (Å²) in [6, 6.07) is 2.33. The molecule has 0 bridgehead atoms. The fraction of sp³-hybridized carbons (Fsp3) is 0.733. The fourth-order valence-corrected chi connectivity index (χ4v) is 3.27. The van der Waals surface area contributed by atoms with Crippen LogP contribution in [0.5, 0.6) is 0 Å². The second-order valence-electron chi connectivity index (χ2n) is 6.06. The van der Waals surface area contributed by atoms with Crippen molar-refractivity contribution in [1.29, 1.82) is 0 Å². The zero-order valence-electron chi connectivity index (χ0n) is 12.6. The number of rotatable bonds is 4. The number of anilines is 1. The fourth-order valence-electron chi connectivity index (χ4n) is 3.27. The van der Waals surface area contributed by atoms with Crippen LogP contribution < -0.4 is 5.32 Å². The summed E-state index contributed by atoms with van der Waals surface area (Å²) in [5.74, 6) is 0.858. The van der Waals surface area contributed by atoms with Gasteiger partial charge in [-0.1, -0.05) is 12.8 Å². The molecule has 1 saturated heterocycles. The van der Waals surface area contributed by atoms with Crippen LogP contribution in [0.15, 0.2) is 12.3 Å². The summed E-state index contributed by atoms with van der Waals surface area (Å²) in [6.07, 6.45) is 6.80. The van der Waals surface area contributed by atoms with Crippen LogP contribution in [0.2, 0.25) is 0 Å². The van der Waals surface area contributed by atoms with Gasteiger partial charge >= 0.3 is 0 Å². The van der Waals surface area contributed by atoms with Crippen LogP contribution in [0, 0.1) is 0 Å². The number of carbonyl (C=O) groups is 1.